The van der Waals surface area contributed by atoms with Crippen molar-refractivity contribution in [2.75, 3.05) is 13.1 Å². The van der Waals surface area contributed by atoms with Crippen LogP contribution in [0.5, 0.6) is 0 Å². The van der Waals surface area contributed by atoms with Crippen molar-refractivity contribution in [3.63, 3.8) is 0 Å². The average Bonchev–Trinajstić information content (AvgIpc) is 2.97. The first kappa shape index (κ1) is 17.1. The summed E-state index contributed by atoms with van der Waals surface area (Å²) in [7, 11) is 0. The van der Waals surface area contributed by atoms with Gasteiger partial charge in [0, 0.05) is 13.0 Å². The summed E-state index contributed by atoms with van der Waals surface area (Å²) in [5, 5.41) is 16.5. The standard InChI is InChI=1S/C15H26N2O2S/c1-2-3-12(6-8-16)4-5-15(19)17-10-14(18)13-7-9-20-11-13/h7,9,11-12,14,18H,2-6,8,10,16H2,1H3,(H,17,19). The first-order valence-electron chi connectivity index (χ1n) is 7.34. The van der Waals surface area contributed by atoms with Gasteiger partial charge in [0.1, 0.15) is 0 Å². The second-order valence-electron chi connectivity index (χ2n) is 5.15. The number of aliphatic hydroxyl groups excluding tert-OH is 1. The molecule has 1 aromatic rings. The number of hydrogen-bond donors (Lipinski definition) is 3. The lowest BCUT2D eigenvalue weighted by molar-refractivity contribution is -0.121. The van der Waals surface area contributed by atoms with E-state index in [2.05, 4.69) is 12.2 Å². The molecule has 2 atom stereocenters. The summed E-state index contributed by atoms with van der Waals surface area (Å²) in [5.74, 6) is 0.551. The molecule has 5 heteroatoms. The van der Waals surface area contributed by atoms with Crippen LogP contribution in [0.4, 0.5) is 0 Å². The molecule has 1 rings (SSSR count). The van der Waals surface area contributed by atoms with Crippen molar-refractivity contribution in [1.82, 2.24) is 5.32 Å². The maximum Gasteiger partial charge on any atom is 0.220 e. The summed E-state index contributed by atoms with van der Waals surface area (Å²) in [6.07, 6.45) is 4.02. The molecule has 0 saturated carbocycles. The molecule has 1 aromatic heterocycles. The van der Waals surface area contributed by atoms with Crippen LogP contribution in [0.3, 0.4) is 0 Å². The Labute approximate surface area is 125 Å². The molecule has 114 valence electrons. The Kier molecular flexibility index (Phi) is 8.49. The lowest BCUT2D eigenvalue weighted by Crippen LogP contribution is -2.28. The minimum Gasteiger partial charge on any atom is -0.387 e. The molecule has 0 radical (unpaired) electrons. The van der Waals surface area contributed by atoms with Gasteiger partial charge in [-0.15, -0.1) is 0 Å². The normalized spacial score (nSPS) is 13.9. The number of hydrogen-bond acceptors (Lipinski definition) is 4. The summed E-state index contributed by atoms with van der Waals surface area (Å²) in [6, 6.07) is 1.88. The zero-order valence-corrected chi connectivity index (χ0v) is 13.0. The Hall–Kier alpha value is -0.910. The molecule has 20 heavy (non-hydrogen) atoms. The summed E-state index contributed by atoms with van der Waals surface area (Å²) in [4.78, 5) is 11.8. The van der Waals surface area contributed by atoms with E-state index in [4.69, 9.17) is 5.73 Å². The number of amides is 1. The molecule has 0 aliphatic heterocycles. The van der Waals surface area contributed by atoms with Crippen molar-refractivity contribution in [2.45, 2.75) is 45.1 Å². The SMILES string of the molecule is CCCC(CCN)CCC(=O)NCC(O)c1ccsc1. The second-order valence-corrected chi connectivity index (χ2v) is 5.93. The topological polar surface area (TPSA) is 75.4 Å². The molecule has 4 nitrogen and oxygen atoms in total. The second kappa shape index (κ2) is 9.91. The van der Waals surface area contributed by atoms with Crippen molar-refractivity contribution in [2.24, 2.45) is 11.7 Å². The number of carbonyl (C=O) groups is 1. The van der Waals surface area contributed by atoms with Crippen molar-refractivity contribution < 1.29 is 9.90 Å². The maximum absolute atomic E-state index is 11.8. The Bertz CT molecular complexity index is 362. The van der Waals surface area contributed by atoms with Crippen LogP contribution in [0, 0.1) is 5.92 Å². The third-order valence-corrected chi connectivity index (χ3v) is 4.17. The van der Waals surface area contributed by atoms with Crippen molar-refractivity contribution in [3.05, 3.63) is 22.4 Å². The van der Waals surface area contributed by atoms with E-state index in [0.717, 1.165) is 31.2 Å². The fraction of sp³-hybridized carbons (Fsp3) is 0.667. The van der Waals surface area contributed by atoms with Crippen molar-refractivity contribution in [1.29, 1.82) is 0 Å². The zero-order chi connectivity index (χ0) is 14.8. The van der Waals surface area contributed by atoms with E-state index in [1.54, 1.807) is 11.3 Å². The van der Waals surface area contributed by atoms with Crippen LogP contribution >= 0.6 is 11.3 Å². The Balaban J connectivity index is 2.22. The molecule has 0 aliphatic rings. The quantitative estimate of drug-likeness (QED) is 0.621. The van der Waals surface area contributed by atoms with Crippen LogP contribution in [-0.4, -0.2) is 24.1 Å². The highest BCUT2D eigenvalue weighted by Gasteiger charge is 2.12. The van der Waals surface area contributed by atoms with Gasteiger partial charge in [0.15, 0.2) is 0 Å². The van der Waals surface area contributed by atoms with E-state index >= 15 is 0 Å². The Morgan fingerprint density at radius 1 is 1.45 bits per heavy atom. The molecule has 0 aromatic carbocycles. The number of carbonyl (C=O) groups excluding carboxylic acids is 1. The molecule has 0 saturated heterocycles. The van der Waals surface area contributed by atoms with E-state index in [1.165, 1.54) is 0 Å². The fourth-order valence-corrected chi connectivity index (χ4v) is 3.00. The van der Waals surface area contributed by atoms with Gasteiger partial charge < -0.3 is 16.2 Å². The van der Waals surface area contributed by atoms with Gasteiger partial charge in [-0.2, -0.15) is 11.3 Å². The van der Waals surface area contributed by atoms with E-state index in [-0.39, 0.29) is 12.5 Å². The van der Waals surface area contributed by atoms with Gasteiger partial charge in [-0.05, 0) is 47.7 Å². The molecule has 1 heterocycles. The zero-order valence-electron chi connectivity index (χ0n) is 12.2. The lowest BCUT2D eigenvalue weighted by Gasteiger charge is -2.15. The van der Waals surface area contributed by atoms with Crippen LogP contribution in [0.1, 0.15) is 50.7 Å². The molecule has 0 fully saturated rings. The van der Waals surface area contributed by atoms with Crippen LogP contribution in [0.25, 0.3) is 0 Å². The smallest absolute Gasteiger partial charge is 0.220 e. The third-order valence-electron chi connectivity index (χ3n) is 3.47. The Morgan fingerprint density at radius 3 is 2.85 bits per heavy atom. The largest absolute Gasteiger partial charge is 0.387 e. The molecule has 0 aliphatic carbocycles. The van der Waals surface area contributed by atoms with Gasteiger partial charge in [0.25, 0.3) is 0 Å². The van der Waals surface area contributed by atoms with Gasteiger partial charge in [-0.25, -0.2) is 0 Å². The predicted molar refractivity (Wildman–Crippen MR) is 83.6 cm³/mol. The van der Waals surface area contributed by atoms with E-state index in [9.17, 15) is 9.90 Å². The lowest BCUT2D eigenvalue weighted by atomic mass is 9.94. The summed E-state index contributed by atoms with van der Waals surface area (Å²) < 4.78 is 0. The average molecular weight is 298 g/mol. The van der Waals surface area contributed by atoms with Crippen LogP contribution in [0.15, 0.2) is 16.8 Å². The van der Waals surface area contributed by atoms with Gasteiger partial charge in [0.2, 0.25) is 5.91 Å². The Morgan fingerprint density at radius 2 is 2.25 bits per heavy atom. The number of nitrogens with two attached hydrogens (primary N) is 1. The molecule has 2 unspecified atom stereocenters. The van der Waals surface area contributed by atoms with Crippen LogP contribution in [0.2, 0.25) is 0 Å². The van der Waals surface area contributed by atoms with E-state index < -0.39 is 6.10 Å². The van der Waals surface area contributed by atoms with E-state index in [0.29, 0.717) is 18.9 Å². The van der Waals surface area contributed by atoms with Crippen molar-refractivity contribution >= 4 is 17.2 Å². The molecule has 0 bridgehead atoms. The number of nitrogens with one attached hydrogen (secondary N) is 1. The fourth-order valence-electron chi connectivity index (χ4n) is 2.29. The predicted octanol–water partition coefficient (Wildman–Crippen LogP) is 2.44. The van der Waals surface area contributed by atoms with Gasteiger partial charge in [-0.3, -0.25) is 4.79 Å². The minimum atomic E-state index is -0.610. The highest BCUT2D eigenvalue weighted by atomic mass is 32.1. The van der Waals surface area contributed by atoms with Crippen molar-refractivity contribution in [3.8, 4) is 0 Å². The molecule has 1 amide bonds. The summed E-state index contributed by atoms with van der Waals surface area (Å²) in [5.41, 5.74) is 6.45. The molecule has 0 spiro atoms. The van der Waals surface area contributed by atoms with E-state index in [1.807, 2.05) is 16.8 Å². The summed E-state index contributed by atoms with van der Waals surface area (Å²) >= 11 is 1.54. The van der Waals surface area contributed by atoms with Crippen LogP contribution < -0.4 is 11.1 Å². The third kappa shape index (κ3) is 6.50. The number of aliphatic hydroxyl groups is 1. The summed E-state index contributed by atoms with van der Waals surface area (Å²) in [6.45, 7) is 3.12. The minimum absolute atomic E-state index is 0.0115. The molecular weight excluding hydrogens is 272 g/mol. The van der Waals surface area contributed by atoms with Gasteiger partial charge in [-0.1, -0.05) is 19.8 Å². The first-order chi connectivity index (χ1) is 9.67. The number of rotatable bonds is 10. The highest BCUT2D eigenvalue weighted by molar-refractivity contribution is 7.07. The molecule has 4 N–H and O–H groups in total. The van der Waals surface area contributed by atoms with Gasteiger partial charge in [0.05, 0.1) is 6.10 Å². The van der Waals surface area contributed by atoms with Crippen LogP contribution in [-0.2, 0) is 4.79 Å². The molecular formula is C15H26N2O2S. The maximum atomic E-state index is 11.8. The monoisotopic (exact) mass is 298 g/mol. The number of thiophene rings is 1. The highest BCUT2D eigenvalue weighted by Crippen LogP contribution is 2.17. The van der Waals surface area contributed by atoms with Gasteiger partial charge >= 0.3 is 0 Å². The first-order valence-corrected chi connectivity index (χ1v) is 8.28.